The van der Waals surface area contributed by atoms with Crippen molar-refractivity contribution in [3.63, 3.8) is 0 Å². The van der Waals surface area contributed by atoms with Crippen molar-refractivity contribution in [3.05, 3.63) is 11.6 Å². The van der Waals surface area contributed by atoms with Gasteiger partial charge in [0.15, 0.2) is 0 Å². The van der Waals surface area contributed by atoms with Crippen LogP contribution in [0.3, 0.4) is 0 Å². The molecule has 2 N–H and O–H groups in total. The first-order valence-corrected chi connectivity index (χ1v) is 4.49. The van der Waals surface area contributed by atoms with Crippen LogP contribution in [0.25, 0.3) is 0 Å². The van der Waals surface area contributed by atoms with E-state index in [4.69, 9.17) is 0 Å². The molecule has 0 bridgehead atoms. The van der Waals surface area contributed by atoms with Crippen LogP contribution in [0.5, 0.6) is 0 Å². The molecule has 2 aliphatic heterocycles. The van der Waals surface area contributed by atoms with Gasteiger partial charge in [0.25, 0.3) is 0 Å². The SMILES string of the molecule is CC1=C[C@H]2NC(=O)C3NC[C@H]3C12. The van der Waals surface area contributed by atoms with Crippen molar-refractivity contribution in [2.75, 3.05) is 6.54 Å². The molecule has 0 aromatic heterocycles. The maximum atomic E-state index is 11.3. The molecule has 4 atom stereocenters. The molecule has 3 rings (SSSR count). The first-order chi connectivity index (χ1) is 5.77. The summed E-state index contributed by atoms with van der Waals surface area (Å²) < 4.78 is 0. The molecule has 2 fully saturated rings. The molecule has 1 amide bonds. The third-order valence-corrected chi connectivity index (χ3v) is 3.41. The van der Waals surface area contributed by atoms with Crippen molar-refractivity contribution in [1.29, 1.82) is 0 Å². The molecular weight excluding hydrogens is 152 g/mol. The van der Waals surface area contributed by atoms with E-state index in [1.54, 1.807) is 0 Å². The highest BCUT2D eigenvalue weighted by atomic mass is 16.2. The molecule has 0 aromatic rings. The first kappa shape index (κ1) is 6.66. The number of carbonyl (C=O) groups is 1. The summed E-state index contributed by atoms with van der Waals surface area (Å²) in [5.74, 6) is 1.40. The zero-order valence-electron chi connectivity index (χ0n) is 7.00. The largest absolute Gasteiger partial charge is 0.348 e. The minimum Gasteiger partial charge on any atom is -0.348 e. The lowest BCUT2D eigenvalue weighted by Gasteiger charge is -2.53. The molecule has 0 radical (unpaired) electrons. The van der Waals surface area contributed by atoms with Crippen LogP contribution in [0.15, 0.2) is 11.6 Å². The van der Waals surface area contributed by atoms with Crippen LogP contribution in [0, 0.1) is 11.8 Å². The minimum absolute atomic E-state index is 0.106. The topological polar surface area (TPSA) is 41.1 Å². The predicted octanol–water partition coefficient (Wildman–Crippen LogP) is -0.351. The maximum Gasteiger partial charge on any atom is 0.237 e. The molecule has 2 saturated heterocycles. The van der Waals surface area contributed by atoms with Gasteiger partial charge in [-0.2, -0.15) is 0 Å². The van der Waals surface area contributed by atoms with Crippen LogP contribution in [0.4, 0.5) is 0 Å². The van der Waals surface area contributed by atoms with Crippen molar-refractivity contribution in [2.24, 2.45) is 11.8 Å². The molecule has 1 aliphatic carbocycles. The van der Waals surface area contributed by atoms with Crippen molar-refractivity contribution < 1.29 is 4.79 Å². The van der Waals surface area contributed by atoms with Crippen molar-refractivity contribution in [3.8, 4) is 0 Å². The number of carbonyl (C=O) groups excluding carboxylic acids is 1. The third-order valence-electron chi connectivity index (χ3n) is 3.41. The van der Waals surface area contributed by atoms with E-state index in [-0.39, 0.29) is 11.9 Å². The second-order valence-corrected chi connectivity index (χ2v) is 4.02. The predicted molar refractivity (Wildman–Crippen MR) is 44.5 cm³/mol. The first-order valence-electron chi connectivity index (χ1n) is 4.49. The summed E-state index contributed by atoms with van der Waals surface area (Å²) in [6, 6.07) is 0.454. The van der Waals surface area contributed by atoms with Crippen molar-refractivity contribution in [2.45, 2.75) is 19.0 Å². The third kappa shape index (κ3) is 0.591. The fourth-order valence-corrected chi connectivity index (χ4v) is 2.65. The fourth-order valence-electron chi connectivity index (χ4n) is 2.65. The maximum absolute atomic E-state index is 11.3. The van der Waals surface area contributed by atoms with Crippen LogP contribution < -0.4 is 10.6 Å². The zero-order valence-corrected chi connectivity index (χ0v) is 7.00. The molecule has 64 valence electrons. The molecule has 0 saturated carbocycles. The van der Waals surface area contributed by atoms with Crippen LogP contribution in [-0.4, -0.2) is 24.5 Å². The van der Waals surface area contributed by atoms with E-state index in [0.29, 0.717) is 17.9 Å². The molecular formula is C9H12N2O. The van der Waals surface area contributed by atoms with Gasteiger partial charge in [-0.05, 0) is 6.92 Å². The summed E-state index contributed by atoms with van der Waals surface area (Å²) >= 11 is 0. The molecule has 3 aliphatic rings. The fraction of sp³-hybridized carbons (Fsp3) is 0.667. The number of hydrogen-bond acceptors (Lipinski definition) is 2. The lowest BCUT2D eigenvalue weighted by Crippen LogP contribution is -2.72. The number of amides is 1. The van der Waals surface area contributed by atoms with Gasteiger partial charge in [0.2, 0.25) is 5.91 Å². The highest BCUT2D eigenvalue weighted by molar-refractivity contribution is 5.85. The Morgan fingerprint density at radius 3 is 3.00 bits per heavy atom. The minimum atomic E-state index is 0.106. The van der Waals surface area contributed by atoms with Crippen LogP contribution in [0.2, 0.25) is 0 Å². The standard InChI is InChI=1S/C9H12N2O/c1-4-2-6-7(4)5-3-10-8(5)9(12)11-6/h2,5-8,10H,3H2,1H3,(H,11,12)/t5-,6+,7?,8?/m0/s1. The Labute approximate surface area is 71.2 Å². The lowest BCUT2D eigenvalue weighted by molar-refractivity contribution is -0.132. The van der Waals surface area contributed by atoms with Crippen LogP contribution >= 0.6 is 0 Å². The second kappa shape index (κ2) is 1.91. The molecule has 2 heterocycles. The van der Waals surface area contributed by atoms with Gasteiger partial charge in [0, 0.05) is 18.4 Å². The van der Waals surface area contributed by atoms with Crippen LogP contribution in [0.1, 0.15) is 6.92 Å². The van der Waals surface area contributed by atoms with Gasteiger partial charge in [0.1, 0.15) is 0 Å². The van der Waals surface area contributed by atoms with Gasteiger partial charge in [-0.15, -0.1) is 0 Å². The Hall–Kier alpha value is -0.830. The Kier molecular flexibility index (Phi) is 1.06. The monoisotopic (exact) mass is 164 g/mol. The summed E-state index contributed by atoms with van der Waals surface area (Å²) in [6.45, 7) is 3.18. The number of rotatable bonds is 0. The summed E-state index contributed by atoms with van der Waals surface area (Å²) in [5.41, 5.74) is 1.46. The summed E-state index contributed by atoms with van der Waals surface area (Å²) in [4.78, 5) is 11.3. The molecule has 0 spiro atoms. The van der Waals surface area contributed by atoms with E-state index in [0.717, 1.165) is 6.54 Å². The van der Waals surface area contributed by atoms with Gasteiger partial charge >= 0.3 is 0 Å². The molecule has 3 nitrogen and oxygen atoms in total. The highest BCUT2D eigenvalue weighted by Gasteiger charge is 2.51. The van der Waals surface area contributed by atoms with Gasteiger partial charge in [-0.25, -0.2) is 0 Å². The molecule has 2 unspecified atom stereocenters. The quantitative estimate of drug-likeness (QED) is 0.480. The molecule has 12 heavy (non-hydrogen) atoms. The van der Waals surface area contributed by atoms with Gasteiger partial charge in [-0.1, -0.05) is 11.6 Å². The zero-order chi connectivity index (χ0) is 8.29. The Morgan fingerprint density at radius 2 is 2.42 bits per heavy atom. The van der Waals surface area contributed by atoms with Crippen molar-refractivity contribution in [1.82, 2.24) is 10.6 Å². The van der Waals surface area contributed by atoms with Gasteiger partial charge in [0.05, 0.1) is 12.1 Å². The van der Waals surface area contributed by atoms with E-state index >= 15 is 0 Å². The van der Waals surface area contributed by atoms with E-state index in [1.165, 1.54) is 5.57 Å². The normalized spacial score (nSPS) is 49.1. The molecule has 3 heteroatoms. The summed E-state index contributed by atoms with van der Waals surface area (Å²) in [5, 5.41) is 6.16. The van der Waals surface area contributed by atoms with E-state index < -0.39 is 0 Å². The van der Waals surface area contributed by atoms with Crippen molar-refractivity contribution >= 4 is 5.91 Å². The van der Waals surface area contributed by atoms with E-state index in [9.17, 15) is 4.79 Å². The molecule has 0 aromatic carbocycles. The van der Waals surface area contributed by atoms with E-state index in [2.05, 4.69) is 23.6 Å². The summed E-state index contributed by atoms with van der Waals surface area (Å²) in [6.07, 6.45) is 2.16. The highest BCUT2D eigenvalue weighted by Crippen LogP contribution is 2.41. The number of fused-ring (bicyclic) bond motifs is 3. The Bertz CT molecular complexity index is 284. The smallest absolute Gasteiger partial charge is 0.237 e. The summed E-state index contributed by atoms with van der Waals surface area (Å²) in [7, 11) is 0. The lowest BCUT2D eigenvalue weighted by atomic mass is 9.64. The second-order valence-electron chi connectivity index (χ2n) is 4.02. The Balaban J connectivity index is 1.92. The van der Waals surface area contributed by atoms with Gasteiger partial charge in [-0.3, -0.25) is 4.79 Å². The average molecular weight is 164 g/mol. The van der Waals surface area contributed by atoms with Gasteiger partial charge < -0.3 is 10.6 Å². The Morgan fingerprint density at radius 1 is 1.58 bits per heavy atom. The van der Waals surface area contributed by atoms with Crippen LogP contribution in [-0.2, 0) is 4.79 Å². The average Bonchev–Trinajstić information content (AvgIpc) is 1.95. The number of piperidine rings is 1. The van der Waals surface area contributed by atoms with E-state index in [1.807, 2.05) is 0 Å². The number of nitrogens with one attached hydrogen (secondary N) is 2. The number of hydrogen-bond donors (Lipinski definition) is 2.